The highest BCUT2D eigenvalue weighted by atomic mass is 16.5. The van der Waals surface area contributed by atoms with Crippen LogP contribution in [0.5, 0.6) is 5.75 Å². The topological polar surface area (TPSA) is 54.0 Å². The highest BCUT2D eigenvalue weighted by Gasteiger charge is 2.28. The van der Waals surface area contributed by atoms with Gasteiger partial charge < -0.3 is 19.3 Å². The highest BCUT2D eigenvalue weighted by molar-refractivity contribution is 5.54. The predicted molar refractivity (Wildman–Crippen MR) is 122 cm³/mol. The lowest BCUT2D eigenvalue weighted by Crippen LogP contribution is -2.40. The van der Waals surface area contributed by atoms with Crippen LogP contribution in [0.15, 0.2) is 24.3 Å². The summed E-state index contributed by atoms with van der Waals surface area (Å²) in [6, 6.07) is 8.33. The second-order valence-electron chi connectivity index (χ2n) is 8.69. The van der Waals surface area contributed by atoms with E-state index in [1.54, 1.807) is 7.11 Å². The average Bonchev–Trinajstić information content (AvgIpc) is 2.85. The maximum atomic E-state index is 5.58. The lowest BCUT2D eigenvalue weighted by Gasteiger charge is -2.36. The molecule has 31 heavy (non-hydrogen) atoms. The number of rotatable bonds is 5. The first-order valence-electron chi connectivity index (χ1n) is 11.6. The Balaban J connectivity index is 1.44. The van der Waals surface area contributed by atoms with Crippen LogP contribution in [0.1, 0.15) is 36.1 Å². The van der Waals surface area contributed by atoms with Gasteiger partial charge in [-0.05, 0) is 25.3 Å². The number of para-hydroxylation sites is 1. The molecular weight excluding hydrogens is 390 g/mol. The number of piperidine rings is 1. The molecule has 0 spiro atoms. The fourth-order valence-corrected chi connectivity index (χ4v) is 4.92. The molecule has 5 rings (SSSR count). The van der Waals surface area contributed by atoms with Gasteiger partial charge in [0.2, 0.25) is 5.95 Å². The fourth-order valence-electron chi connectivity index (χ4n) is 4.92. The van der Waals surface area contributed by atoms with Crippen LogP contribution in [0, 0.1) is 0 Å². The number of fused-ring (bicyclic) bond motifs is 1. The van der Waals surface area contributed by atoms with Gasteiger partial charge in [-0.3, -0.25) is 4.90 Å². The average molecular weight is 424 g/mol. The van der Waals surface area contributed by atoms with Crippen molar-refractivity contribution in [3.05, 3.63) is 41.1 Å². The van der Waals surface area contributed by atoms with Crippen molar-refractivity contribution in [1.29, 1.82) is 0 Å². The minimum atomic E-state index is 0.756. The summed E-state index contributed by atoms with van der Waals surface area (Å²) in [5.41, 5.74) is 3.78. The van der Waals surface area contributed by atoms with E-state index in [-0.39, 0.29) is 0 Å². The van der Waals surface area contributed by atoms with E-state index in [2.05, 4.69) is 26.8 Å². The quantitative estimate of drug-likeness (QED) is 0.733. The zero-order chi connectivity index (χ0) is 21.0. The Morgan fingerprint density at radius 3 is 2.55 bits per heavy atom. The zero-order valence-electron chi connectivity index (χ0n) is 18.6. The van der Waals surface area contributed by atoms with Crippen molar-refractivity contribution in [2.24, 2.45) is 0 Å². The van der Waals surface area contributed by atoms with E-state index in [1.165, 1.54) is 36.1 Å². The molecule has 0 saturated carbocycles. The van der Waals surface area contributed by atoms with E-state index < -0.39 is 0 Å². The summed E-state index contributed by atoms with van der Waals surface area (Å²) < 4.78 is 11.1. The molecule has 0 N–H and O–H groups in total. The molecule has 0 aliphatic carbocycles. The highest BCUT2D eigenvalue weighted by Crippen LogP contribution is 2.32. The molecule has 2 saturated heterocycles. The second-order valence-corrected chi connectivity index (χ2v) is 8.69. The molecule has 3 aliphatic rings. The minimum absolute atomic E-state index is 0.756. The molecule has 1 aromatic carbocycles. The van der Waals surface area contributed by atoms with Crippen molar-refractivity contribution < 1.29 is 9.47 Å². The Morgan fingerprint density at radius 1 is 0.935 bits per heavy atom. The van der Waals surface area contributed by atoms with E-state index in [1.807, 2.05) is 12.1 Å². The van der Waals surface area contributed by atoms with Crippen LogP contribution in [-0.2, 0) is 24.2 Å². The fraction of sp³-hybridized carbons (Fsp3) is 0.583. The number of methoxy groups -OCH3 is 1. The minimum Gasteiger partial charge on any atom is -0.496 e. The van der Waals surface area contributed by atoms with E-state index in [4.69, 9.17) is 19.4 Å². The molecule has 0 unspecified atom stereocenters. The number of benzene rings is 1. The number of anilines is 2. The number of hydrogen-bond acceptors (Lipinski definition) is 7. The number of morpholine rings is 1. The molecule has 7 heteroatoms. The van der Waals surface area contributed by atoms with Crippen molar-refractivity contribution in [3.63, 3.8) is 0 Å². The standard InChI is InChI=1S/C24H33N5O2/c1-30-22-8-4-3-7-19(22)17-27-12-9-21-20(18-27)23(28-10-5-2-6-11-28)26-24(25-21)29-13-15-31-16-14-29/h3-4,7-8H,2,5-6,9-18H2,1H3. The largest absolute Gasteiger partial charge is 0.496 e. The number of aromatic nitrogens is 2. The van der Waals surface area contributed by atoms with Gasteiger partial charge in [-0.25, -0.2) is 4.98 Å². The van der Waals surface area contributed by atoms with Crippen molar-refractivity contribution in [1.82, 2.24) is 14.9 Å². The summed E-state index contributed by atoms with van der Waals surface area (Å²) in [4.78, 5) is 17.5. The second kappa shape index (κ2) is 9.40. The van der Waals surface area contributed by atoms with Gasteiger partial charge in [0.25, 0.3) is 0 Å². The Labute approximate surface area is 185 Å². The third-order valence-corrected chi connectivity index (χ3v) is 6.64. The molecule has 2 aromatic rings. The Bertz CT molecular complexity index is 894. The van der Waals surface area contributed by atoms with Gasteiger partial charge in [-0.2, -0.15) is 4.98 Å². The molecular formula is C24H33N5O2. The summed E-state index contributed by atoms with van der Waals surface area (Å²) >= 11 is 0. The maximum Gasteiger partial charge on any atom is 0.227 e. The molecule has 0 bridgehead atoms. The van der Waals surface area contributed by atoms with Gasteiger partial charge in [-0.1, -0.05) is 18.2 Å². The molecule has 4 heterocycles. The first-order chi connectivity index (χ1) is 15.3. The van der Waals surface area contributed by atoms with Crippen LogP contribution in [0.3, 0.4) is 0 Å². The van der Waals surface area contributed by atoms with Crippen molar-refractivity contribution in [3.8, 4) is 5.75 Å². The number of nitrogens with zero attached hydrogens (tertiary/aromatic N) is 5. The van der Waals surface area contributed by atoms with Crippen molar-refractivity contribution in [2.45, 2.75) is 38.8 Å². The lowest BCUT2D eigenvalue weighted by atomic mass is 10.0. The van der Waals surface area contributed by atoms with Gasteiger partial charge >= 0.3 is 0 Å². The summed E-state index contributed by atoms with van der Waals surface area (Å²) in [6.07, 6.45) is 4.78. The molecule has 1 aromatic heterocycles. The van der Waals surface area contributed by atoms with Gasteiger partial charge in [0, 0.05) is 63.4 Å². The van der Waals surface area contributed by atoms with Gasteiger partial charge in [0.1, 0.15) is 11.6 Å². The predicted octanol–water partition coefficient (Wildman–Crippen LogP) is 2.87. The third-order valence-electron chi connectivity index (χ3n) is 6.64. The molecule has 0 amide bonds. The molecule has 0 atom stereocenters. The third kappa shape index (κ3) is 4.48. The molecule has 2 fully saturated rings. The Hall–Kier alpha value is -2.38. The van der Waals surface area contributed by atoms with Crippen LogP contribution < -0.4 is 14.5 Å². The summed E-state index contributed by atoms with van der Waals surface area (Å²) in [6.45, 7) is 8.23. The van der Waals surface area contributed by atoms with Gasteiger partial charge in [0.15, 0.2) is 0 Å². The molecule has 0 radical (unpaired) electrons. The zero-order valence-corrected chi connectivity index (χ0v) is 18.6. The first kappa shape index (κ1) is 20.5. The molecule has 166 valence electrons. The molecule has 7 nitrogen and oxygen atoms in total. The number of hydrogen-bond donors (Lipinski definition) is 0. The van der Waals surface area contributed by atoms with Crippen LogP contribution in [-0.4, -0.2) is 67.9 Å². The smallest absolute Gasteiger partial charge is 0.227 e. The van der Waals surface area contributed by atoms with Crippen molar-refractivity contribution in [2.75, 3.05) is 62.8 Å². The summed E-state index contributed by atoms with van der Waals surface area (Å²) in [5, 5.41) is 0. The van der Waals surface area contributed by atoms with Crippen LogP contribution in [0.2, 0.25) is 0 Å². The summed E-state index contributed by atoms with van der Waals surface area (Å²) in [7, 11) is 1.75. The van der Waals surface area contributed by atoms with E-state index >= 15 is 0 Å². The van der Waals surface area contributed by atoms with E-state index in [0.717, 1.165) is 83.0 Å². The van der Waals surface area contributed by atoms with Gasteiger partial charge in [0.05, 0.1) is 26.0 Å². The Kier molecular flexibility index (Phi) is 6.22. The number of ether oxygens (including phenoxy) is 2. The first-order valence-corrected chi connectivity index (χ1v) is 11.6. The van der Waals surface area contributed by atoms with Crippen LogP contribution in [0.4, 0.5) is 11.8 Å². The van der Waals surface area contributed by atoms with Crippen molar-refractivity contribution >= 4 is 11.8 Å². The monoisotopic (exact) mass is 423 g/mol. The lowest BCUT2D eigenvalue weighted by molar-refractivity contribution is 0.122. The van der Waals surface area contributed by atoms with Crippen LogP contribution in [0.25, 0.3) is 0 Å². The normalized spacial score (nSPS) is 19.9. The Morgan fingerprint density at radius 2 is 1.74 bits per heavy atom. The SMILES string of the molecule is COc1ccccc1CN1CCc2nc(N3CCOCC3)nc(N3CCCCC3)c2C1. The van der Waals surface area contributed by atoms with E-state index in [0.29, 0.717) is 0 Å². The molecule has 3 aliphatic heterocycles. The summed E-state index contributed by atoms with van der Waals surface area (Å²) in [5.74, 6) is 3.01. The van der Waals surface area contributed by atoms with E-state index in [9.17, 15) is 0 Å². The van der Waals surface area contributed by atoms with Crippen LogP contribution >= 0.6 is 0 Å². The van der Waals surface area contributed by atoms with Gasteiger partial charge in [-0.15, -0.1) is 0 Å². The maximum absolute atomic E-state index is 5.58.